The summed E-state index contributed by atoms with van der Waals surface area (Å²) in [5, 5.41) is 14.0. The molecule has 0 spiro atoms. The second kappa shape index (κ2) is 9.19. The number of furan rings is 1. The normalized spacial score (nSPS) is 16.6. The molecule has 0 bridgehead atoms. The fourth-order valence-electron chi connectivity index (χ4n) is 3.05. The number of nitrogens with zero attached hydrogens (tertiary/aromatic N) is 4. The Morgan fingerprint density at radius 2 is 2.35 bits per heavy atom. The standard InChI is InChI=1S/C18H27N7O/c1-3-10-25-11-7-14(8-12-25)21-18(19-2)20-9-6-16-22-17(24-23-16)15-5-4-13-26-15/h3-5,13-14H,1,6-12H2,2H3,(H2,19,20,21)(H,22,23,24). The average molecular weight is 357 g/mol. The van der Waals surface area contributed by atoms with Gasteiger partial charge in [0.15, 0.2) is 11.7 Å². The van der Waals surface area contributed by atoms with Crippen molar-refractivity contribution in [3.63, 3.8) is 0 Å². The van der Waals surface area contributed by atoms with E-state index in [1.165, 1.54) is 0 Å². The molecule has 0 aromatic carbocycles. The lowest BCUT2D eigenvalue weighted by atomic mass is 10.1. The number of rotatable bonds is 7. The summed E-state index contributed by atoms with van der Waals surface area (Å²) < 4.78 is 5.30. The lowest BCUT2D eigenvalue weighted by Gasteiger charge is -2.32. The summed E-state index contributed by atoms with van der Waals surface area (Å²) >= 11 is 0. The molecule has 0 unspecified atom stereocenters. The third-order valence-corrected chi connectivity index (χ3v) is 4.47. The molecule has 3 N–H and O–H groups in total. The second-order valence-corrected chi connectivity index (χ2v) is 6.34. The van der Waals surface area contributed by atoms with Crippen LogP contribution in [0.15, 0.2) is 40.5 Å². The number of aliphatic imine (C=N–C) groups is 1. The number of nitrogens with one attached hydrogen (secondary N) is 3. The lowest BCUT2D eigenvalue weighted by Crippen LogP contribution is -2.49. The smallest absolute Gasteiger partial charge is 0.216 e. The molecule has 1 fully saturated rings. The Labute approximate surface area is 153 Å². The first-order chi connectivity index (χ1) is 12.8. The van der Waals surface area contributed by atoms with Crippen LogP contribution in [0.3, 0.4) is 0 Å². The van der Waals surface area contributed by atoms with Gasteiger partial charge in [-0.05, 0) is 25.0 Å². The average Bonchev–Trinajstić information content (AvgIpc) is 3.34. The third kappa shape index (κ3) is 4.95. The molecule has 0 atom stereocenters. The molecule has 0 amide bonds. The first-order valence-electron chi connectivity index (χ1n) is 9.04. The predicted octanol–water partition coefficient (Wildman–Crippen LogP) is 1.42. The molecule has 3 rings (SSSR count). The zero-order valence-electron chi connectivity index (χ0n) is 15.2. The van der Waals surface area contributed by atoms with Gasteiger partial charge in [-0.2, -0.15) is 5.10 Å². The summed E-state index contributed by atoms with van der Waals surface area (Å²) in [5.74, 6) is 2.90. The van der Waals surface area contributed by atoms with Crippen molar-refractivity contribution < 1.29 is 4.42 Å². The fourth-order valence-corrected chi connectivity index (χ4v) is 3.05. The molecule has 0 aliphatic carbocycles. The minimum atomic E-state index is 0.457. The number of aromatic nitrogens is 3. The van der Waals surface area contributed by atoms with E-state index < -0.39 is 0 Å². The molecule has 8 heteroatoms. The van der Waals surface area contributed by atoms with Gasteiger partial charge in [0.25, 0.3) is 0 Å². The molecule has 2 aromatic heterocycles. The fraction of sp³-hybridized carbons (Fsp3) is 0.500. The number of aromatic amines is 1. The van der Waals surface area contributed by atoms with Crippen molar-refractivity contribution in [2.75, 3.05) is 33.2 Å². The van der Waals surface area contributed by atoms with Gasteiger partial charge in [0, 0.05) is 45.7 Å². The summed E-state index contributed by atoms with van der Waals surface area (Å²) in [6, 6.07) is 4.13. The van der Waals surface area contributed by atoms with Gasteiger partial charge in [0.2, 0.25) is 5.82 Å². The van der Waals surface area contributed by atoms with Gasteiger partial charge in [-0.3, -0.25) is 15.0 Å². The van der Waals surface area contributed by atoms with E-state index in [4.69, 9.17) is 4.42 Å². The van der Waals surface area contributed by atoms with Crippen LogP contribution in [0.5, 0.6) is 0 Å². The molecule has 2 aromatic rings. The number of hydrogen-bond acceptors (Lipinski definition) is 5. The Kier molecular flexibility index (Phi) is 6.43. The van der Waals surface area contributed by atoms with E-state index in [-0.39, 0.29) is 0 Å². The van der Waals surface area contributed by atoms with Crippen LogP contribution in [-0.4, -0.2) is 65.3 Å². The monoisotopic (exact) mass is 357 g/mol. The minimum Gasteiger partial charge on any atom is -0.461 e. The zero-order valence-corrected chi connectivity index (χ0v) is 15.2. The first-order valence-corrected chi connectivity index (χ1v) is 9.04. The van der Waals surface area contributed by atoms with Crippen LogP contribution < -0.4 is 10.6 Å². The summed E-state index contributed by atoms with van der Waals surface area (Å²) in [4.78, 5) is 11.2. The number of hydrogen-bond donors (Lipinski definition) is 3. The van der Waals surface area contributed by atoms with Crippen molar-refractivity contribution in [1.82, 2.24) is 30.7 Å². The van der Waals surface area contributed by atoms with Crippen LogP contribution >= 0.6 is 0 Å². The van der Waals surface area contributed by atoms with E-state index in [1.54, 1.807) is 13.3 Å². The SMILES string of the molecule is C=CCN1CCC(NC(=NC)NCCc2nc(-c3ccco3)n[nH]2)CC1. The summed E-state index contributed by atoms with van der Waals surface area (Å²) in [6.45, 7) is 7.68. The van der Waals surface area contributed by atoms with Gasteiger partial charge in [-0.1, -0.05) is 6.08 Å². The van der Waals surface area contributed by atoms with Gasteiger partial charge < -0.3 is 15.1 Å². The Morgan fingerprint density at radius 1 is 1.50 bits per heavy atom. The van der Waals surface area contributed by atoms with E-state index in [0.29, 0.717) is 17.6 Å². The van der Waals surface area contributed by atoms with E-state index in [9.17, 15) is 0 Å². The van der Waals surface area contributed by atoms with Crippen molar-refractivity contribution in [1.29, 1.82) is 0 Å². The number of guanidine groups is 1. The molecule has 1 saturated heterocycles. The van der Waals surface area contributed by atoms with E-state index >= 15 is 0 Å². The highest BCUT2D eigenvalue weighted by Crippen LogP contribution is 2.14. The quantitative estimate of drug-likeness (QED) is 0.394. The maximum absolute atomic E-state index is 5.30. The van der Waals surface area contributed by atoms with Crippen LogP contribution in [0.1, 0.15) is 18.7 Å². The Balaban J connectivity index is 1.40. The van der Waals surface area contributed by atoms with Gasteiger partial charge in [0.1, 0.15) is 5.82 Å². The van der Waals surface area contributed by atoms with Crippen molar-refractivity contribution in [3.05, 3.63) is 36.9 Å². The first kappa shape index (κ1) is 18.2. The zero-order chi connectivity index (χ0) is 18.2. The largest absolute Gasteiger partial charge is 0.461 e. The van der Waals surface area contributed by atoms with Crippen molar-refractivity contribution in [3.8, 4) is 11.6 Å². The van der Waals surface area contributed by atoms with Gasteiger partial charge in [-0.25, -0.2) is 4.98 Å². The van der Waals surface area contributed by atoms with Crippen molar-refractivity contribution >= 4 is 5.96 Å². The highest BCUT2D eigenvalue weighted by atomic mass is 16.3. The Morgan fingerprint density at radius 3 is 3.04 bits per heavy atom. The maximum Gasteiger partial charge on any atom is 0.216 e. The summed E-state index contributed by atoms with van der Waals surface area (Å²) in [6.07, 6.45) is 6.54. The molecule has 140 valence electrons. The van der Waals surface area contributed by atoms with Crippen LogP contribution in [0.25, 0.3) is 11.6 Å². The topological polar surface area (TPSA) is 94.4 Å². The number of H-pyrrole nitrogens is 1. The van der Waals surface area contributed by atoms with Crippen molar-refractivity contribution in [2.45, 2.75) is 25.3 Å². The van der Waals surface area contributed by atoms with Crippen molar-refractivity contribution in [2.24, 2.45) is 4.99 Å². The molecule has 26 heavy (non-hydrogen) atoms. The maximum atomic E-state index is 5.30. The molecular formula is C18H27N7O. The van der Waals surface area contributed by atoms with Crippen LogP contribution in [0.2, 0.25) is 0 Å². The van der Waals surface area contributed by atoms with E-state index in [2.05, 4.69) is 42.3 Å². The summed E-state index contributed by atoms with van der Waals surface area (Å²) in [7, 11) is 1.80. The highest BCUT2D eigenvalue weighted by molar-refractivity contribution is 5.79. The summed E-state index contributed by atoms with van der Waals surface area (Å²) in [5.41, 5.74) is 0. The van der Waals surface area contributed by atoms with Gasteiger partial charge >= 0.3 is 0 Å². The number of likely N-dealkylation sites (tertiary alicyclic amines) is 1. The van der Waals surface area contributed by atoms with E-state index in [1.807, 2.05) is 18.2 Å². The molecule has 8 nitrogen and oxygen atoms in total. The molecule has 1 aliphatic rings. The highest BCUT2D eigenvalue weighted by Gasteiger charge is 2.19. The molecule has 0 radical (unpaired) electrons. The van der Waals surface area contributed by atoms with E-state index in [0.717, 1.165) is 57.2 Å². The van der Waals surface area contributed by atoms with Gasteiger partial charge in [-0.15, -0.1) is 6.58 Å². The Hall–Kier alpha value is -2.61. The molecular weight excluding hydrogens is 330 g/mol. The molecule has 0 saturated carbocycles. The lowest BCUT2D eigenvalue weighted by molar-refractivity contribution is 0.225. The van der Waals surface area contributed by atoms with Gasteiger partial charge in [0.05, 0.1) is 6.26 Å². The van der Waals surface area contributed by atoms with Crippen LogP contribution in [0, 0.1) is 0 Å². The molecule has 3 heterocycles. The third-order valence-electron chi connectivity index (χ3n) is 4.47. The van der Waals surface area contributed by atoms with Crippen LogP contribution in [-0.2, 0) is 6.42 Å². The Bertz CT molecular complexity index is 699. The predicted molar refractivity (Wildman–Crippen MR) is 102 cm³/mol. The van der Waals surface area contributed by atoms with Crippen LogP contribution in [0.4, 0.5) is 0 Å². The second-order valence-electron chi connectivity index (χ2n) is 6.34. The number of piperidine rings is 1. The minimum absolute atomic E-state index is 0.457. The molecule has 1 aliphatic heterocycles.